The predicted octanol–water partition coefficient (Wildman–Crippen LogP) is 9.29. The standard InChI is InChI=1S/C30H37N3O6.C19H18N2O3.C11H21NO4.ClH/c1-29(2,3)25(31-28(36)38-30(4,5)6)26(34)33-17-18(16-23(33)27(35)37-7)39-32-24-21-14-10-8-12-19(21)20-13-9-11-15-22(20)24;1-23-19(22)17-10-12(11-20-17)24-21-18-15-8-4-2-6-13(15)14-7-3-5-9-16(14)18;1-10(2,3)7(8(13)14)12-9(15)16-11(4,5)6;/h8-15,18,23,25H,16-17H2,1-7H3,(H,31,36);2-9,12,17,20H,10-11H2,1H3;7H,1-6H3,(H,12,15)(H,13,14);1H/t18-,23+,25-;12-,17+;7-;/m111./s1. The third-order valence-corrected chi connectivity index (χ3v) is 13.0. The molecule has 0 bridgehead atoms. The van der Waals surface area contributed by atoms with Gasteiger partial charge in [-0.15, -0.1) is 12.4 Å². The van der Waals surface area contributed by atoms with Gasteiger partial charge in [0.15, 0.2) is 0 Å². The Balaban J connectivity index is 0.000000244. The Labute approximate surface area is 474 Å². The van der Waals surface area contributed by atoms with Crippen LogP contribution in [0.4, 0.5) is 9.59 Å². The number of rotatable bonds is 10. The molecule has 4 aromatic rings. The Morgan fingerprint density at radius 3 is 1.26 bits per heavy atom. The van der Waals surface area contributed by atoms with Crippen LogP contribution in [0, 0.1) is 10.8 Å². The molecule has 2 heterocycles. The van der Waals surface area contributed by atoms with Gasteiger partial charge in [0, 0.05) is 41.6 Å². The monoisotopic (exact) mass is 1120 g/mol. The molecular weight excluding hydrogens is 1050 g/mol. The Bertz CT molecular complexity index is 2860. The molecule has 6 atom stereocenters. The molecule has 2 saturated heterocycles. The molecule has 0 unspecified atom stereocenters. The summed E-state index contributed by atoms with van der Waals surface area (Å²) in [4.78, 5) is 86.2. The van der Waals surface area contributed by atoms with Crippen molar-refractivity contribution in [2.75, 3.05) is 27.3 Å². The molecule has 2 aliphatic carbocycles. The van der Waals surface area contributed by atoms with Crippen LogP contribution in [-0.2, 0) is 47.8 Å². The van der Waals surface area contributed by atoms with Gasteiger partial charge in [0.2, 0.25) is 5.91 Å². The van der Waals surface area contributed by atoms with Crippen molar-refractivity contribution in [2.45, 2.75) is 144 Å². The van der Waals surface area contributed by atoms with Gasteiger partial charge in [0.1, 0.15) is 59.0 Å². The van der Waals surface area contributed by atoms with Crippen molar-refractivity contribution >= 4 is 59.8 Å². The van der Waals surface area contributed by atoms with Crippen LogP contribution in [-0.4, -0.2) is 132 Å². The van der Waals surface area contributed by atoms with Gasteiger partial charge >= 0.3 is 30.1 Å². The molecule has 4 aromatic carbocycles. The van der Waals surface area contributed by atoms with E-state index in [9.17, 15) is 28.8 Å². The summed E-state index contributed by atoms with van der Waals surface area (Å²) in [5, 5.41) is 26.1. The maximum Gasteiger partial charge on any atom is 0.408 e. The molecule has 2 aliphatic heterocycles. The Morgan fingerprint density at radius 1 is 0.550 bits per heavy atom. The maximum atomic E-state index is 13.8. The number of aliphatic carboxylic acids is 1. The number of benzene rings is 4. The minimum atomic E-state index is -1.07. The molecule has 0 radical (unpaired) electrons. The number of carbonyl (C=O) groups is 6. The van der Waals surface area contributed by atoms with Crippen LogP contribution in [0.5, 0.6) is 0 Å². The van der Waals surface area contributed by atoms with E-state index in [0.29, 0.717) is 18.7 Å². The highest BCUT2D eigenvalue weighted by atomic mass is 35.5. The summed E-state index contributed by atoms with van der Waals surface area (Å²) in [7, 11) is 2.68. The Kier molecular flexibility index (Phi) is 20.7. The number of methoxy groups -OCH3 is 2. The van der Waals surface area contributed by atoms with Gasteiger partial charge in [-0.05, 0) is 74.6 Å². The number of alkyl carbamates (subject to hydrolysis) is 2. The average molecular weight is 1130 g/mol. The van der Waals surface area contributed by atoms with Gasteiger partial charge < -0.3 is 54.6 Å². The number of hydrogen-bond acceptors (Lipinski definition) is 15. The van der Waals surface area contributed by atoms with Gasteiger partial charge in [-0.3, -0.25) is 9.59 Å². The van der Waals surface area contributed by atoms with Gasteiger partial charge in [0.05, 0.1) is 20.8 Å². The van der Waals surface area contributed by atoms with E-state index < -0.39 is 76.3 Å². The first kappa shape index (κ1) is 63.3. The molecular formula is C60H77ClN6O13. The summed E-state index contributed by atoms with van der Waals surface area (Å²) >= 11 is 0. The summed E-state index contributed by atoms with van der Waals surface area (Å²) in [5.41, 5.74) is 7.55. The van der Waals surface area contributed by atoms with Gasteiger partial charge in [-0.2, -0.15) is 0 Å². The quantitative estimate of drug-likeness (QED) is 0.0568. The van der Waals surface area contributed by atoms with Gasteiger partial charge in [-0.1, -0.05) is 149 Å². The number of carboxylic acid groups (broad SMARTS) is 1. The third kappa shape index (κ3) is 16.1. The largest absolute Gasteiger partial charge is 0.480 e. The van der Waals surface area contributed by atoms with Crippen molar-refractivity contribution in [3.8, 4) is 22.3 Å². The number of nitrogens with zero attached hydrogens (tertiary/aromatic N) is 3. The minimum absolute atomic E-state index is 0. The second kappa shape index (κ2) is 26.2. The average Bonchev–Trinajstić information content (AvgIpc) is 4.17. The SMILES string of the molecule is CC(C)(C)OC(=O)N[C@H](C(=O)O)C(C)(C)C.COC(=O)[C@@H]1C[C@@H](ON=C2c3ccccc3-c3ccccc32)CN1.COC(=O)[C@@H]1C[C@@H](ON=C2c3ccccc3-c3ccccc32)CN1C(=O)[C@@H](NC(=O)OC(C)(C)C)C(C)(C)C.Cl. The number of hydrogen-bond donors (Lipinski definition) is 4. The molecule has 0 aromatic heterocycles. The van der Waals surface area contributed by atoms with Crippen LogP contribution in [0.2, 0.25) is 0 Å². The zero-order chi connectivity index (χ0) is 58.2. The second-order valence-corrected chi connectivity index (χ2v) is 23.7. The zero-order valence-corrected chi connectivity index (χ0v) is 48.9. The fraction of sp³-hybridized carbons (Fsp3) is 0.467. The summed E-state index contributed by atoms with van der Waals surface area (Å²) in [6, 6.07) is 29.2. The number of ether oxygens (including phenoxy) is 4. The first-order valence-electron chi connectivity index (χ1n) is 26.3. The number of fused-ring (bicyclic) bond motifs is 6. The molecule has 20 heteroatoms. The molecule has 0 saturated carbocycles. The van der Waals surface area contributed by atoms with E-state index in [1.165, 1.54) is 30.2 Å². The lowest BCUT2D eigenvalue weighted by Gasteiger charge is -2.35. The summed E-state index contributed by atoms with van der Waals surface area (Å²) < 4.78 is 20.2. The van der Waals surface area contributed by atoms with Crippen LogP contribution in [0.15, 0.2) is 107 Å². The highest BCUT2D eigenvalue weighted by Gasteiger charge is 2.47. The first-order valence-corrected chi connectivity index (χ1v) is 26.3. The highest BCUT2D eigenvalue weighted by molar-refractivity contribution is 6.25. The topological polar surface area (TPSA) is 242 Å². The molecule has 8 rings (SSSR count). The van der Waals surface area contributed by atoms with E-state index in [0.717, 1.165) is 39.1 Å². The Morgan fingerprint density at radius 2 is 0.912 bits per heavy atom. The maximum absolute atomic E-state index is 13.8. The lowest BCUT2D eigenvalue weighted by atomic mass is 9.85. The number of nitrogens with one attached hydrogen (secondary N) is 3. The molecule has 80 heavy (non-hydrogen) atoms. The number of esters is 2. The van der Waals surface area contributed by atoms with E-state index in [1.807, 2.05) is 93.6 Å². The van der Waals surface area contributed by atoms with Crippen LogP contribution >= 0.6 is 12.4 Å². The molecule has 432 valence electrons. The number of halogens is 1. The van der Waals surface area contributed by atoms with E-state index in [4.69, 9.17) is 33.7 Å². The second-order valence-electron chi connectivity index (χ2n) is 23.7. The van der Waals surface area contributed by atoms with Crippen LogP contribution in [0.1, 0.15) is 118 Å². The smallest absolute Gasteiger partial charge is 0.408 e. The summed E-state index contributed by atoms with van der Waals surface area (Å²) in [6.45, 7) is 21.8. The van der Waals surface area contributed by atoms with E-state index in [1.54, 1.807) is 62.3 Å². The van der Waals surface area contributed by atoms with Gasteiger partial charge in [-0.25, -0.2) is 19.2 Å². The van der Waals surface area contributed by atoms with Crippen molar-refractivity contribution in [1.29, 1.82) is 0 Å². The van der Waals surface area contributed by atoms with Crippen molar-refractivity contribution in [3.05, 3.63) is 119 Å². The van der Waals surface area contributed by atoms with Crippen LogP contribution in [0.3, 0.4) is 0 Å². The number of carbonyl (C=O) groups excluding carboxylic acids is 5. The number of carboxylic acids is 1. The molecule has 0 spiro atoms. The third-order valence-electron chi connectivity index (χ3n) is 13.0. The molecule has 19 nitrogen and oxygen atoms in total. The van der Waals surface area contributed by atoms with Crippen LogP contribution in [0.25, 0.3) is 22.3 Å². The zero-order valence-electron chi connectivity index (χ0n) is 48.1. The molecule has 2 fully saturated rings. The molecule has 4 aliphatic rings. The number of oxime groups is 2. The van der Waals surface area contributed by atoms with E-state index in [2.05, 4.69) is 50.5 Å². The van der Waals surface area contributed by atoms with Crippen molar-refractivity contribution < 1.29 is 62.5 Å². The number of likely N-dealkylation sites (tertiary alicyclic amines) is 1. The normalized spacial score (nSPS) is 18.4. The van der Waals surface area contributed by atoms with Crippen LogP contribution < -0.4 is 16.0 Å². The fourth-order valence-electron chi connectivity index (χ4n) is 9.34. The highest BCUT2D eigenvalue weighted by Crippen LogP contribution is 2.39. The summed E-state index contributed by atoms with van der Waals surface area (Å²) in [5.74, 6) is -2.30. The first-order chi connectivity index (χ1) is 37.0. The molecule has 3 amide bonds. The van der Waals surface area contributed by atoms with E-state index >= 15 is 0 Å². The Hall–Kier alpha value is -7.51. The van der Waals surface area contributed by atoms with Crippen molar-refractivity contribution in [2.24, 2.45) is 21.1 Å². The molecule has 4 N–H and O–H groups in total. The summed E-state index contributed by atoms with van der Waals surface area (Å²) in [6.07, 6.45) is -1.33. The fourth-order valence-corrected chi connectivity index (χ4v) is 9.34. The lowest BCUT2D eigenvalue weighted by Crippen LogP contribution is -2.57. The van der Waals surface area contributed by atoms with Gasteiger partial charge in [0.25, 0.3) is 0 Å². The van der Waals surface area contributed by atoms with Crippen molar-refractivity contribution in [1.82, 2.24) is 20.9 Å². The minimum Gasteiger partial charge on any atom is -0.480 e. The lowest BCUT2D eigenvalue weighted by molar-refractivity contribution is -0.152. The number of amides is 3. The van der Waals surface area contributed by atoms with Crippen molar-refractivity contribution in [3.63, 3.8) is 0 Å². The predicted molar refractivity (Wildman–Crippen MR) is 305 cm³/mol. The van der Waals surface area contributed by atoms with E-state index in [-0.39, 0.29) is 43.5 Å².